The Hall–Kier alpha value is -1.40. The lowest BCUT2D eigenvalue weighted by Gasteiger charge is -2.22. The minimum Gasteiger partial charge on any atom is -0.466 e. The van der Waals surface area contributed by atoms with Crippen LogP contribution in [-0.2, 0) is 14.3 Å². The number of rotatable bonds is 59. The van der Waals surface area contributed by atoms with Gasteiger partial charge in [0.15, 0.2) is 0 Å². The summed E-state index contributed by atoms with van der Waals surface area (Å²) in [5, 5.41) is 23.4. The van der Waals surface area contributed by atoms with Crippen molar-refractivity contribution in [2.24, 2.45) is 0 Å². The highest BCUT2D eigenvalue weighted by molar-refractivity contribution is 5.76. The molecule has 3 N–H and O–H groups in total. The Bertz CT molecular complexity index is 1030. The number of aliphatic hydroxyl groups excluding tert-OH is 2. The number of carbonyl (C=O) groups excluding carboxylic acids is 2. The number of aliphatic hydroxyl groups is 2. The van der Waals surface area contributed by atoms with Crippen molar-refractivity contribution in [2.75, 3.05) is 13.2 Å². The summed E-state index contributed by atoms with van der Waals surface area (Å²) in [6, 6.07) is -0.552. The van der Waals surface area contributed by atoms with E-state index < -0.39 is 12.1 Å². The smallest absolute Gasteiger partial charge is 0.305 e. The van der Waals surface area contributed by atoms with Crippen molar-refractivity contribution >= 4 is 11.9 Å². The van der Waals surface area contributed by atoms with Crippen LogP contribution in [0, 0.1) is 0 Å². The van der Waals surface area contributed by atoms with Gasteiger partial charge in [-0.25, -0.2) is 0 Å². The van der Waals surface area contributed by atoms with Crippen LogP contribution in [0.4, 0.5) is 0 Å². The first-order valence-corrected chi connectivity index (χ1v) is 31.4. The van der Waals surface area contributed by atoms with E-state index >= 15 is 0 Å². The normalized spacial score (nSPS) is 12.6. The summed E-state index contributed by atoms with van der Waals surface area (Å²) >= 11 is 0. The molecule has 6 nitrogen and oxygen atoms in total. The van der Waals surface area contributed by atoms with Crippen molar-refractivity contribution in [3.63, 3.8) is 0 Å². The highest BCUT2D eigenvalue weighted by Crippen LogP contribution is 2.18. The molecule has 2 unspecified atom stereocenters. The van der Waals surface area contributed by atoms with Crippen molar-refractivity contribution in [1.82, 2.24) is 5.32 Å². The molecular weight excluding hydrogens is 851 g/mol. The molecule has 0 bridgehead atoms. The van der Waals surface area contributed by atoms with E-state index in [-0.39, 0.29) is 18.5 Å². The van der Waals surface area contributed by atoms with Gasteiger partial charge in [0.2, 0.25) is 5.91 Å². The molecular formula is C63H123NO5. The Morgan fingerprint density at radius 3 is 1.03 bits per heavy atom. The summed E-state index contributed by atoms with van der Waals surface area (Å²) in [6.07, 6.45) is 70.7. The number of unbranched alkanes of at least 4 members (excludes halogenated alkanes) is 46. The number of hydrogen-bond donors (Lipinski definition) is 3. The summed E-state index contributed by atoms with van der Waals surface area (Å²) in [5.74, 6) is -0.0552. The van der Waals surface area contributed by atoms with Crippen LogP contribution in [0.25, 0.3) is 0 Å². The SMILES string of the molecule is CCCCCCCCC/C=C\CCCCCCCC(=O)OCCCCCCCCCCCCCCCC(=O)NC(CO)C(O)CCCCCCCCCCCCCCCCCCCCCCCCC. The van der Waals surface area contributed by atoms with Gasteiger partial charge in [-0.1, -0.05) is 302 Å². The largest absolute Gasteiger partial charge is 0.466 e. The third-order valence-corrected chi connectivity index (χ3v) is 14.8. The number of carbonyl (C=O) groups is 2. The molecule has 0 aliphatic rings. The highest BCUT2D eigenvalue weighted by Gasteiger charge is 2.20. The predicted molar refractivity (Wildman–Crippen MR) is 301 cm³/mol. The zero-order valence-electron chi connectivity index (χ0n) is 46.8. The lowest BCUT2D eigenvalue weighted by molar-refractivity contribution is -0.143. The number of hydrogen-bond acceptors (Lipinski definition) is 5. The number of ether oxygens (including phenoxy) is 1. The zero-order valence-corrected chi connectivity index (χ0v) is 46.8. The minimum atomic E-state index is -0.674. The first-order chi connectivity index (χ1) is 34.0. The van der Waals surface area contributed by atoms with E-state index in [1.54, 1.807) is 0 Å². The van der Waals surface area contributed by atoms with E-state index in [1.165, 1.54) is 270 Å². The van der Waals surface area contributed by atoms with Crippen molar-refractivity contribution < 1.29 is 24.5 Å². The van der Waals surface area contributed by atoms with Gasteiger partial charge in [-0.2, -0.15) is 0 Å². The molecule has 0 aromatic rings. The van der Waals surface area contributed by atoms with E-state index in [4.69, 9.17) is 4.74 Å². The van der Waals surface area contributed by atoms with Gasteiger partial charge in [0.25, 0.3) is 0 Å². The first-order valence-electron chi connectivity index (χ1n) is 31.4. The molecule has 0 saturated carbocycles. The highest BCUT2D eigenvalue weighted by atomic mass is 16.5. The fourth-order valence-electron chi connectivity index (χ4n) is 9.99. The van der Waals surface area contributed by atoms with Crippen LogP contribution in [0.2, 0.25) is 0 Å². The van der Waals surface area contributed by atoms with Crippen LogP contribution in [0.3, 0.4) is 0 Å². The molecule has 0 aromatic heterocycles. The second-order valence-corrected chi connectivity index (χ2v) is 21.7. The van der Waals surface area contributed by atoms with Crippen LogP contribution in [-0.4, -0.2) is 47.4 Å². The quantitative estimate of drug-likeness (QED) is 0.0321. The van der Waals surface area contributed by atoms with Gasteiger partial charge in [0.1, 0.15) is 0 Å². The molecule has 0 aliphatic heterocycles. The molecule has 2 atom stereocenters. The maximum Gasteiger partial charge on any atom is 0.305 e. The van der Waals surface area contributed by atoms with Crippen LogP contribution in [0.15, 0.2) is 12.2 Å². The van der Waals surface area contributed by atoms with Crippen LogP contribution in [0.5, 0.6) is 0 Å². The molecule has 0 radical (unpaired) electrons. The Morgan fingerprint density at radius 1 is 0.391 bits per heavy atom. The molecule has 69 heavy (non-hydrogen) atoms. The third-order valence-electron chi connectivity index (χ3n) is 14.8. The van der Waals surface area contributed by atoms with E-state index in [1.807, 2.05) is 0 Å². The molecule has 6 heteroatoms. The minimum absolute atomic E-state index is 0.0114. The van der Waals surface area contributed by atoms with Gasteiger partial charge in [0.05, 0.1) is 25.4 Å². The second kappa shape index (κ2) is 59.2. The number of amides is 1. The van der Waals surface area contributed by atoms with Gasteiger partial charge in [-0.15, -0.1) is 0 Å². The molecule has 0 heterocycles. The summed E-state index contributed by atoms with van der Waals surface area (Å²) in [6.45, 7) is 4.95. The van der Waals surface area contributed by atoms with E-state index in [0.717, 1.165) is 51.4 Å². The van der Waals surface area contributed by atoms with Gasteiger partial charge < -0.3 is 20.3 Å². The molecule has 0 aliphatic carbocycles. The van der Waals surface area contributed by atoms with Gasteiger partial charge in [-0.05, 0) is 51.4 Å². The van der Waals surface area contributed by atoms with Crippen molar-refractivity contribution in [2.45, 2.75) is 366 Å². The average molecular weight is 975 g/mol. The van der Waals surface area contributed by atoms with Crippen LogP contribution >= 0.6 is 0 Å². The fourth-order valence-corrected chi connectivity index (χ4v) is 9.99. The average Bonchev–Trinajstić information content (AvgIpc) is 3.35. The summed E-state index contributed by atoms with van der Waals surface area (Å²) < 4.78 is 5.48. The molecule has 1 amide bonds. The maximum atomic E-state index is 12.5. The van der Waals surface area contributed by atoms with E-state index in [9.17, 15) is 19.8 Å². The van der Waals surface area contributed by atoms with Crippen molar-refractivity contribution in [3.05, 3.63) is 12.2 Å². The van der Waals surface area contributed by atoms with Crippen molar-refractivity contribution in [3.8, 4) is 0 Å². The fraction of sp³-hybridized carbons (Fsp3) is 0.937. The van der Waals surface area contributed by atoms with Gasteiger partial charge >= 0.3 is 5.97 Å². The predicted octanol–water partition coefficient (Wildman–Crippen LogP) is 19.6. The zero-order chi connectivity index (χ0) is 50.0. The summed E-state index contributed by atoms with van der Waals surface area (Å²) in [5.41, 5.74) is 0. The summed E-state index contributed by atoms with van der Waals surface area (Å²) in [7, 11) is 0. The Labute approximate surface area is 431 Å². The molecule has 0 rings (SSSR count). The Morgan fingerprint density at radius 2 is 0.681 bits per heavy atom. The number of allylic oxidation sites excluding steroid dienone is 2. The molecule has 0 fully saturated rings. The second-order valence-electron chi connectivity index (χ2n) is 21.7. The molecule has 0 saturated heterocycles. The van der Waals surface area contributed by atoms with Crippen LogP contribution < -0.4 is 5.32 Å². The molecule has 410 valence electrons. The summed E-state index contributed by atoms with van der Waals surface area (Å²) in [4.78, 5) is 24.6. The lowest BCUT2D eigenvalue weighted by atomic mass is 10.0. The standard InChI is InChI=1S/C63H123NO5/c1-3-5-7-9-11-13-15-17-19-21-22-23-24-25-26-27-28-31-35-39-43-47-51-55-61(66)60(59-65)64-62(67)56-52-48-44-40-36-32-30-34-38-42-46-50-54-58-69-63(68)57-53-49-45-41-37-33-29-20-18-16-14-12-10-8-6-4-2/h20,29,60-61,65-66H,3-19,21-28,30-59H2,1-2H3,(H,64,67)/b29-20-. The first kappa shape index (κ1) is 67.6. The van der Waals surface area contributed by atoms with Crippen LogP contribution in [0.1, 0.15) is 354 Å². The van der Waals surface area contributed by atoms with E-state index in [2.05, 4.69) is 31.3 Å². The topological polar surface area (TPSA) is 95.9 Å². The molecule has 0 aromatic carbocycles. The Kier molecular flexibility index (Phi) is 58.0. The number of esters is 1. The third kappa shape index (κ3) is 55.8. The maximum absolute atomic E-state index is 12.5. The lowest BCUT2D eigenvalue weighted by Crippen LogP contribution is -2.45. The molecule has 0 spiro atoms. The van der Waals surface area contributed by atoms with E-state index in [0.29, 0.717) is 25.9 Å². The number of nitrogens with one attached hydrogen (secondary N) is 1. The van der Waals surface area contributed by atoms with Crippen molar-refractivity contribution in [1.29, 1.82) is 0 Å². The Balaban J connectivity index is 3.43. The van der Waals surface area contributed by atoms with Gasteiger partial charge in [0, 0.05) is 12.8 Å². The monoisotopic (exact) mass is 974 g/mol. The van der Waals surface area contributed by atoms with Gasteiger partial charge in [-0.3, -0.25) is 9.59 Å².